The summed E-state index contributed by atoms with van der Waals surface area (Å²) in [6.45, 7) is 1.05. The molecule has 0 bridgehead atoms. The molecule has 0 aliphatic heterocycles. The Labute approximate surface area is 98.0 Å². The zero-order valence-electron chi connectivity index (χ0n) is 6.77. The Bertz CT molecular complexity index is 237. The maximum atomic E-state index is 5.26. The molecule has 1 rings (SSSR count). The second-order valence-corrected chi connectivity index (χ2v) is 2.89. The Morgan fingerprint density at radius 2 is 2.08 bits per heavy atom. The van der Waals surface area contributed by atoms with Crippen molar-refractivity contribution in [3.63, 3.8) is 0 Å². The Balaban J connectivity index is 0. The van der Waals surface area contributed by atoms with Crippen LogP contribution >= 0.6 is 40.7 Å². The van der Waals surface area contributed by atoms with Crippen LogP contribution in [0.15, 0.2) is 22.9 Å². The van der Waals surface area contributed by atoms with Crippen molar-refractivity contribution < 1.29 is 4.74 Å². The van der Waals surface area contributed by atoms with Gasteiger partial charge in [-0.05, 0) is 22.0 Å². The molecule has 0 amide bonds. The van der Waals surface area contributed by atoms with Crippen LogP contribution < -0.4 is 10.5 Å². The number of ether oxygens (including phenoxy) is 1. The number of rotatable bonds is 3. The van der Waals surface area contributed by atoms with Crippen LogP contribution in [0.5, 0.6) is 5.75 Å². The van der Waals surface area contributed by atoms with Gasteiger partial charge in [-0.2, -0.15) is 0 Å². The monoisotopic (exact) mass is 288 g/mol. The number of aromatic nitrogens is 1. The molecular formula is C7H11BrCl2N2O. The van der Waals surface area contributed by atoms with E-state index in [1.54, 1.807) is 12.4 Å². The molecule has 0 aliphatic carbocycles. The fraction of sp³-hybridized carbons (Fsp3) is 0.286. The summed E-state index contributed by atoms with van der Waals surface area (Å²) in [6.07, 6.45) is 3.36. The molecular weight excluding hydrogens is 279 g/mol. The molecule has 2 N–H and O–H groups in total. The molecule has 0 saturated heterocycles. The van der Waals surface area contributed by atoms with E-state index in [-0.39, 0.29) is 24.8 Å². The highest BCUT2D eigenvalue weighted by molar-refractivity contribution is 9.10. The highest BCUT2D eigenvalue weighted by Gasteiger charge is 1.92. The zero-order valence-corrected chi connectivity index (χ0v) is 9.99. The smallest absolute Gasteiger partial charge is 0.138 e. The maximum absolute atomic E-state index is 5.26. The van der Waals surface area contributed by atoms with Crippen molar-refractivity contribution in [2.24, 2.45) is 5.73 Å². The standard InChI is InChI=1S/C7H9BrN2O.2ClH/c8-6-3-7(5-10-4-6)11-2-1-9;;/h3-5H,1-2,9H2;2*1H. The summed E-state index contributed by atoms with van der Waals surface area (Å²) in [4.78, 5) is 3.92. The third-order valence-corrected chi connectivity index (χ3v) is 1.50. The average Bonchev–Trinajstić information content (AvgIpc) is 2.01. The minimum absolute atomic E-state index is 0. The Hall–Kier alpha value is -0.0300. The Morgan fingerprint density at radius 3 is 2.62 bits per heavy atom. The first-order valence-electron chi connectivity index (χ1n) is 3.26. The summed E-state index contributed by atoms with van der Waals surface area (Å²) >= 11 is 3.28. The lowest BCUT2D eigenvalue weighted by atomic mass is 10.5. The van der Waals surface area contributed by atoms with Crippen LogP contribution in [0.3, 0.4) is 0 Å². The van der Waals surface area contributed by atoms with Gasteiger partial charge in [-0.25, -0.2) is 0 Å². The molecule has 76 valence electrons. The highest BCUT2D eigenvalue weighted by atomic mass is 79.9. The van der Waals surface area contributed by atoms with Gasteiger partial charge in [0.2, 0.25) is 0 Å². The van der Waals surface area contributed by atoms with E-state index in [0.29, 0.717) is 13.2 Å². The molecule has 0 atom stereocenters. The van der Waals surface area contributed by atoms with Crippen molar-refractivity contribution in [2.75, 3.05) is 13.2 Å². The SMILES string of the molecule is Cl.Cl.NCCOc1cncc(Br)c1. The van der Waals surface area contributed by atoms with Crippen molar-refractivity contribution in [2.45, 2.75) is 0 Å². The fourth-order valence-electron chi connectivity index (χ4n) is 0.648. The molecule has 1 aromatic rings. The van der Waals surface area contributed by atoms with Crippen molar-refractivity contribution in [1.82, 2.24) is 4.98 Å². The maximum Gasteiger partial charge on any atom is 0.138 e. The number of hydrogen-bond acceptors (Lipinski definition) is 3. The molecule has 1 heterocycles. The molecule has 0 fully saturated rings. The summed E-state index contributed by atoms with van der Waals surface area (Å²) in [5.41, 5.74) is 5.26. The minimum Gasteiger partial charge on any atom is -0.491 e. The molecule has 0 radical (unpaired) electrons. The highest BCUT2D eigenvalue weighted by Crippen LogP contribution is 2.15. The summed E-state index contributed by atoms with van der Waals surface area (Å²) in [6, 6.07) is 1.85. The lowest BCUT2D eigenvalue weighted by Gasteiger charge is -2.02. The van der Waals surface area contributed by atoms with Gasteiger partial charge in [0.15, 0.2) is 0 Å². The molecule has 3 nitrogen and oxygen atoms in total. The number of nitrogens with zero attached hydrogens (tertiary/aromatic N) is 1. The van der Waals surface area contributed by atoms with Crippen LogP contribution in [0.1, 0.15) is 0 Å². The van der Waals surface area contributed by atoms with Crippen LogP contribution in [0, 0.1) is 0 Å². The van der Waals surface area contributed by atoms with Crippen molar-refractivity contribution in [3.05, 3.63) is 22.9 Å². The second kappa shape index (κ2) is 8.56. The van der Waals surface area contributed by atoms with E-state index in [1.165, 1.54) is 0 Å². The first-order chi connectivity index (χ1) is 5.33. The van der Waals surface area contributed by atoms with Gasteiger partial charge in [0.05, 0.1) is 6.20 Å². The summed E-state index contributed by atoms with van der Waals surface area (Å²) in [7, 11) is 0. The third-order valence-electron chi connectivity index (χ3n) is 1.07. The quantitative estimate of drug-likeness (QED) is 0.926. The largest absolute Gasteiger partial charge is 0.491 e. The van der Waals surface area contributed by atoms with Crippen LogP contribution in [-0.2, 0) is 0 Å². The van der Waals surface area contributed by atoms with Crippen molar-refractivity contribution in [1.29, 1.82) is 0 Å². The predicted molar refractivity (Wildman–Crippen MR) is 61.0 cm³/mol. The predicted octanol–water partition coefficient (Wildman–Crippen LogP) is 2.03. The lowest BCUT2D eigenvalue weighted by Crippen LogP contribution is -2.10. The van der Waals surface area contributed by atoms with Gasteiger partial charge in [-0.3, -0.25) is 4.98 Å². The van der Waals surface area contributed by atoms with Crippen LogP contribution in [0.25, 0.3) is 0 Å². The molecule has 0 saturated carbocycles. The molecule has 1 aromatic heterocycles. The summed E-state index contributed by atoms with van der Waals surface area (Å²) in [5.74, 6) is 0.741. The normalized spacial score (nSPS) is 8.15. The molecule has 0 spiro atoms. The molecule has 13 heavy (non-hydrogen) atoms. The first-order valence-corrected chi connectivity index (χ1v) is 4.05. The zero-order chi connectivity index (χ0) is 8.10. The van der Waals surface area contributed by atoms with Crippen molar-refractivity contribution in [3.8, 4) is 5.75 Å². The van der Waals surface area contributed by atoms with E-state index in [1.807, 2.05) is 6.07 Å². The van der Waals surface area contributed by atoms with Gasteiger partial charge in [-0.1, -0.05) is 0 Å². The number of pyridine rings is 1. The van der Waals surface area contributed by atoms with E-state index < -0.39 is 0 Å². The van der Waals surface area contributed by atoms with Gasteiger partial charge >= 0.3 is 0 Å². The van der Waals surface area contributed by atoms with E-state index in [9.17, 15) is 0 Å². The average molecular weight is 290 g/mol. The minimum atomic E-state index is 0. The summed E-state index contributed by atoms with van der Waals surface area (Å²) in [5, 5.41) is 0. The summed E-state index contributed by atoms with van der Waals surface area (Å²) < 4.78 is 6.13. The van der Waals surface area contributed by atoms with Crippen molar-refractivity contribution >= 4 is 40.7 Å². The third kappa shape index (κ3) is 6.10. The fourth-order valence-corrected chi connectivity index (χ4v) is 0.992. The topological polar surface area (TPSA) is 48.1 Å². The lowest BCUT2D eigenvalue weighted by molar-refractivity contribution is 0.327. The van der Waals surface area contributed by atoms with Crippen LogP contribution in [-0.4, -0.2) is 18.1 Å². The van der Waals surface area contributed by atoms with Gasteiger partial charge in [0, 0.05) is 17.2 Å². The number of nitrogens with two attached hydrogens (primary N) is 1. The second-order valence-electron chi connectivity index (χ2n) is 1.98. The van der Waals surface area contributed by atoms with E-state index in [4.69, 9.17) is 10.5 Å². The Morgan fingerprint density at radius 1 is 1.38 bits per heavy atom. The number of hydrogen-bond donors (Lipinski definition) is 1. The van der Waals surface area contributed by atoms with E-state index in [2.05, 4.69) is 20.9 Å². The van der Waals surface area contributed by atoms with E-state index >= 15 is 0 Å². The molecule has 0 unspecified atom stereocenters. The van der Waals surface area contributed by atoms with Gasteiger partial charge in [-0.15, -0.1) is 24.8 Å². The molecule has 0 aliphatic rings. The van der Waals surface area contributed by atoms with Gasteiger partial charge in [0.1, 0.15) is 12.4 Å². The number of halogens is 3. The van der Waals surface area contributed by atoms with Crippen LogP contribution in [0.4, 0.5) is 0 Å². The molecule has 6 heteroatoms. The van der Waals surface area contributed by atoms with E-state index in [0.717, 1.165) is 10.2 Å². The van der Waals surface area contributed by atoms with Gasteiger partial charge < -0.3 is 10.5 Å². The first kappa shape index (κ1) is 15.4. The Kier molecular flexibility index (Phi) is 10.2. The molecule has 0 aromatic carbocycles. The van der Waals surface area contributed by atoms with Gasteiger partial charge in [0.25, 0.3) is 0 Å². The van der Waals surface area contributed by atoms with Crippen LogP contribution in [0.2, 0.25) is 0 Å².